The third kappa shape index (κ3) is 3.26. The molecule has 1 aliphatic carbocycles. The molecule has 5 nitrogen and oxygen atoms in total. The maximum Gasteiger partial charge on any atom is 0.240 e. The van der Waals surface area contributed by atoms with Gasteiger partial charge in [-0.1, -0.05) is 6.07 Å². The zero-order valence-electron chi connectivity index (χ0n) is 11.2. The molecule has 1 fully saturated rings. The largest absolute Gasteiger partial charge is 0.398 e. The quantitative estimate of drug-likeness (QED) is 0.819. The summed E-state index contributed by atoms with van der Waals surface area (Å²) in [5, 5.41) is 0. The molecule has 2 rings (SSSR count). The molecule has 0 amide bonds. The van der Waals surface area contributed by atoms with Crippen molar-refractivity contribution in [2.45, 2.75) is 43.2 Å². The molecule has 1 aromatic rings. The van der Waals surface area contributed by atoms with E-state index in [1.165, 1.54) is 6.07 Å². The van der Waals surface area contributed by atoms with Gasteiger partial charge in [-0.3, -0.25) is 0 Å². The van der Waals surface area contributed by atoms with Crippen molar-refractivity contribution in [2.75, 3.05) is 12.8 Å². The summed E-state index contributed by atoms with van der Waals surface area (Å²) in [6.07, 6.45) is 2.56. The van der Waals surface area contributed by atoms with Crippen molar-refractivity contribution in [3.05, 3.63) is 23.8 Å². The number of methoxy groups -OCH3 is 1. The van der Waals surface area contributed by atoms with E-state index in [4.69, 9.17) is 10.5 Å². The number of hydrogen-bond acceptors (Lipinski definition) is 4. The summed E-state index contributed by atoms with van der Waals surface area (Å²) in [5.74, 6) is 0. The van der Waals surface area contributed by atoms with Crippen LogP contribution in [0.25, 0.3) is 0 Å². The highest BCUT2D eigenvalue weighted by molar-refractivity contribution is 7.89. The van der Waals surface area contributed by atoms with E-state index < -0.39 is 10.0 Å². The van der Waals surface area contributed by atoms with Gasteiger partial charge in [0.15, 0.2) is 0 Å². The average Bonchev–Trinajstić information content (AvgIpc) is 2.79. The molecular formula is C13H20N2O3S. The van der Waals surface area contributed by atoms with Crippen LogP contribution in [0.5, 0.6) is 0 Å². The standard InChI is InChI=1S/C13H20N2O3S/c1-9-3-6-12(8-13(9)14)19(16,17)15-10-4-5-11(7-10)18-2/h3,6,8,10-11,15H,4-5,7,14H2,1-2H3. The molecule has 0 heterocycles. The molecule has 0 spiro atoms. The predicted octanol–water partition coefficient (Wildman–Crippen LogP) is 1.42. The average molecular weight is 284 g/mol. The van der Waals surface area contributed by atoms with Crippen molar-refractivity contribution >= 4 is 15.7 Å². The monoisotopic (exact) mass is 284 g/mol. The molecule has 0 radical (unpaired) electrons. The lowest BCUT2D eigenvalue weighted by molar-refractivity contribution is 0.107. The van der Waals surface area contributed by atoms with E-state index in [1.54, 1.807) is 19.2 Å². The van der Waals surface area contributed by atoms with E-state index in [1.807, 2.05) is 6.92 Å². The smallest absolute Gasteiger partial charge is 0.240 e. The zero-order chi connectivity index (χ0) is 14.0. The van der Waals surface area contributed by atoms with Crippen molar-refractivity contribution in [2.24, 2.45) is 0 Å². The fourth-order valence-electron chi connectivity index (χ4n) is 2.33. The number of nitrogens with two attached hydrogens (primary N) is 1. The second kappa shape index (κ2) is 5.48. The number of aryl methyl sites for hydroxylation is 1. The summed E-state index contributed by atoms with van der Waals surface area (Å²) in [6.45, 7) is 1.85. The Labute approximate surface area is 114 Å². The van der Waals surface area contributed by atoms with Crippen LogP contribution in [0.3, 0.4) is 0 Å². The first-order chi connectivity index (χ1) is 8.92. The Bertz CT molecular complexity index is 557. The number of nitrogens with one attached hydrogen (secondary N) is 1. The van der Waals surface area contributed by atoms with Crippen LogP contribution in [0.2, 0.25) is 0 Å². The molecule has 0 bridgehead atoms. The molecule has 1 aromatic carbocycles. The lowest BCUT2D eigenvalue weighted by atomic mass is 10.2. The van der Waals surface area contributed by atoms with Crippen LogP contribution in [0.4, 0.5) is 5.69 Å². The Balaban J connectivity index is 2.12. The van der Waals surface area contributed by atoms with Crippen LogP contribution in [-0.4, -0.2) is 27.7 Å². The summed E-state index contributed by atoms with van der Waals surface area (Å²) < 4.78 is 32.4. The normalized spacial score (nSPS) is 23.7. The Morgan fingerprint density at radius 2 is 2.11 bits per heavy atom. The minimum absolute atomic E-state index is 0.0579. The molecule has 0 saturated heterocycles. The molecule has 0 aromatic heterocycles. The van der Waals surface area contributed by atoms with E-state index in [2.05, 4.69) is 4.72 Å². The highest BCUT2D eigenvalue weighted by atomic mass is 32.2. The van der Waals surface area contributed by atoms with Crippen molar-refractivity contribution in [1.82, 2.24) is 4.72 Å². The van der Waals surface area contributed by atoms with Gasteiger partial charge in [-0.05, 0) is 43.9 Å². The fraction of sp³-hybridized carbons (Fsp3) is 0.538. The lowest BCUT2D eigenvalue weighted by Crippen LogP contribution is -2.33. The number of hydrogen-bond donors (Lipinski definition) is 2. The van der Waals surface area contributed by atoms with Crippen molar-refractivity contribution in [1.29, 1.82) is 0 Å². The zero-order valence-corrected chi connectivity index (χ0v) is 12.0. The van der Waals surface area contributed by atoms with E-state index in [0.717, 1.165) is 24.8 Å². The molecule has 2 unspecified atom stereocenters. The van der Waals surface area contributed by atoms with Gasteiger partial charge in [-0.2, -0.15) is 0 Å². The number of nitrogen functional groups attached to an aromatic ring is 1. The van der Waals surface area contributed by atoms with Crippen molar-refractivity contribution < 1.29 is 13.2 Å². The maximum absolute atomic E-state index is 12.2. The van der Waals surface area contributed by atoms with Crippen LogP contribution in [-0.2, 0) is 14.8 Å². The first-order valence-electron chi connectivity index (χ1n) is 6.33. The summed E-state index contributed by atoms with van der Waals surface area (Å²) >= 11 is 0. The summed E-state index contributed by atoms with van der Waals surface area (Å²) in [4.78, 5) is 0.219. The molecule has 1 saturated carbocycles. The number of ether oxygens (including phenoxy) is 1. The molecule has 3 N–H and O–H groups in total. The van der Waals surface area contributed by atoms with Gasteiger partial charge in [-0.25, -0.2) is 13.1 Å². The minimum Gasteiger partial charge on any atom is -0.398 e. The second-order valence-corrected chi connectivity index (χ2v) is 6.72. The Hall–Kier alpha value is -1.11. The highest BCUT2D eigenvalue weighted by Crippen LogP contribution is 2.24. The van der Waals surface area contributed by atoms with E-state index >= 15 is 0 Å². The number of anilines is 1. The number of benzene rings is 1. The number of rotatable bonds is 4. The predicted molar refractivity (Wildman–Crippen MR) is 74.3 cm³/mol. The van der Waals surface area contributed by atoms with Crippen LogP contribution >= 0.6 is 0 Å². The molecule has 19 heavy (non-hydrogen) atoms. The van der Waals surface area contributed by atoms with Gasteiger partial charge in [0.05, 0.1) is 11.0 Å². The Morgan fingerprint density at radius 1 is 1.37 bits per heavy atom. The maximum atomic E-state index is 12.2. The van der Waals surface area contributed by atoms with E-state index in [0.29, 0.717) is 5.69 Å². The molecule has 2 atom stereocenters. The molecular weight excluding hydrogens is 264 g/mol. The van der Waals surface area contributed by atoms with Gasteiger partial charge in [0.1, 0.15) is 0 Å². The molecule has 0 aliphatic heterocycles. The van der Waals surface area contributed by atoms with Crippen molar-refractivity contribution in [3.8, 4) is 0 Å². The minimum atomic E-state index is -3.50. The Morgan fingerprint density at radius 3 is 2.68 bits per heavy atom. The second-order valence-electron chi connectivity index (χ2n) is 5.01. The summed E-state index contributed by atoms with van der Waals surface area (Å²) in [7, 11) is -1.85. The van der Waals surface area contributed by atoms with Gasteiger partial charge in [-0.15, -0.1) is 0 Å². The molecule has 1 aliphatic rings. The van der Waals surface area contributed by atoms with E-state index in [9.17, 15) is 8.42 Å². The van der Waals surface area contributed by atoms with Crippen molar-refractivity contribution in [3.63, 3.8) is 0 Å². The molecule has 6 heteroatoms. The Kier molecular flexibility index (Phi) is 4.13. The third-order valence-corrected chi connectivity index (χ3v) is 5.12. The summed E-state index contributed by atoms with van der Waals surface area (Å²) in [5.41, 5.74) is 7.12. The van der Waals surface area contributed by atoms with Crippen LogP contribution < -0.4 is 10.5 Å². The van der Waals surface area contributed by atoms with Gasteiger partial charge < -0.3 is 10.5 Å². The van der Waals surface area contributed by atoms with Gasteiger partial charge >= 0.3 is 0 Å². The topological polar surface area (TPSA) is 81.4 Å². The summed E-state index contributed by atoms with van der Waals surface area (Å²) in [6, 6.07) is 4.74. The highest BCUT2D eigenvalue weighted by Gasteiger charge is 2.28. The van der Waals surface area contributed by atoms with Crippen LogP contribution in [0.15, 0.2) is 23.1 Å². The van der Waals surface area contributed by atoms with E-state index in [-0.39, 0.29) is 17.0 Å². The first kappa shape index (κ1) is 14.3. The van der Waals surface area contributed by atoms with Gasteiger partial charge in [0.25, 0.3) is 0 Å². The SMILES string of the molecule is COC1CCC(NS(=O)(=O)c2ccc(C)c(N)c2)C1. The fourth-order valence-corrected chi connectivity index (χ4v) is 3.65. The third-order valence-electron chi connectivity index (χ3n) is 3.60. The van der Waals surface area contributed by atoms with Crippen LogP contribution in [0.1, 0.15) is 24.8 Å². The molecule has 106 valence electrons. The first-order valence-corrected chi connectivity index (χ1v) is 7.82. The number of sulfonamides is 1. The lowest BCUT2D eigenvalue weighted by Gasteiger charge is -2.14. The van der Waals surface area contributed by atoms with Gasteiger partial charge in [0.2, 0.25) is 10.0 Å². The van der Waals surface area contributed by atoms with Crippen LogP contribution in [0, 0.1) is 6.92 Å². The van der Waals surface area contributed by atoms with Gasteiger partial charge in [0, 0.05) is 18.8 Å².